The van der Waals surface area contributed by atoms with Crippen LogP contribution in [0.3, 0.4) is 0 Å². The molecule has 3 rings (SSSR count). The van der Waals surface area contributed by atoms with E-state index in [-0.39, 0.29) is 35.6 Å². The van der Waals surface area contributed by atoms with Crippen molar-refractivity contribution in [1.29, 1.82) is 0 Å². The topological polar surface area (TPSA) is 83.6 Å². The van der Waals surface area contributed by atoms with Gasteiger partial charge in [-0.1, -0.05) is 37.6 Å². The summed E-state index contributed by atoms with van der Waals surface area (Å²) >= 11 is 0. The number of ketones is 1. The maximum absolute atomic E-state index is 12.9. The highest BCUT2D eigenvalue weighted by Gasteiger charge is 2.32. The highest BCUT2D eigenvalue weighted by molar-refractivity contribution is 7.89. The number of Topliss-reactive ketones (excluding diaryl/α,β-unsaturated/α-hetero) is 1. The lowest BCUT2D eigenvalue weighted by Gasteiger charge is -2.30. The van der Waals surface area contributed by atoms with Crippen LogP contribution >= 0.6 is 0 Å². The van der Waals surface area contributed by atoms with Crippen LogP contribution in [0.25, 0.3) is 0 Å². The number of carbonyl (C=O) groups excluding carboxylic acids is 2. The minimum absolute atomic E-state index is 0.0751. The van der Waals surface area contributed by atoms with Crippen LogP contribution in [0.5, 0.6) is 0 Å². The highest BCUT2D eigenvalue weighted by atomic mass is 32.2. The van der Waals surface area contributed by atoms with Gasteiger partial charge in [0.05, 0.1) is 4.90 Å². The van der Waals surface area contributed by atoms with Gasteiger partial charge < -0.3 is 5.32 Å². The van der Waals surface area contributed by atoms with Crippen molar-refractivity contribution in [2.45, 2.75) is 44.4 Å². The van der Waals surface area contributed by atoms with Crippen molar-refractivity contribution >= 4 is 27.4 Å². The zero-order chi connectivity index (χ0) is 21.7. The molecular formula is C23H28N2O4S. The molecule has 0 radical (unpaired) electrons. The van der Waals surface area contributed by atoms with E-state index < -0.39 is 10.0 Å². The molecule has 1 aliphatic heterocycles. The van der Waals surface area contributed by atoms with Gasteiger partial charge in [-0.05, 0) is 56.0 Å². The molecule has 7 heteroatoms. The highest BCUT2D eigenvalue weighted by Crippen LogP contribution is 2.25. The molecule has 1 fully saturated rings. The summed E-state index contributed by atoms with van der Waals surface area (Å²) in [5.74, 6) is -0.477. The molecule has 0 aliphatic carbocycles. The van der Waals surface area contributed by atoms with Gasteiger partial charge in [-0.2, -0.15) is 4.31 Å². The first kappa shape index (κ1) is 22.2. The second kappa shape index (κ2) is 9.53. The third-order valence-corrected chi connectivity index (χ3v) is 7.36. The minimum Gasteiger partial charge on any atom is -0.326 e. The third-order valence-electron chi connectivity index (χ3n) is 5.46. The molecule has 0 aromatic heterocycles. The Bertz CT molecular complexity index is 1010. The van der Waals surface area contributed by atoms with E-state index >= 15 is 0 Å². The molecule has 0 unspecified atom stereocenters. The summed E-state index contributed by atoms with van der Waals surface area (Å²) in [5, 5.41) is 2.94. The lowest BCUT2D eigenvalue weighted by atomic mass is 9.97. The van der Waals surface area contributed by atoms with Crippen LogP contribution in [0.2, 0.25) is 0 Å². The second-order valence-corrected chi connectivity index (χ2v) is 9.64. The van der Waals surface area contributed by atoms with E-state index in [0.717, 1.165) is 18.5 Å². The number of benzene rings is 2. The van der Waals surface area contributed by atoms with Crippen LogP contribution in [0.1, 0.15) is 49.0 Å². The molecule has 1 saturated heterocycles. The SMILES string of the molecule is CCCc1ccc(NC(=O)C2CCN(S(=O)(=O)c3cccc(C(C)=O)c3)CC2)cc1. The maximum atomic E-state index is 12.9. The summed E-state index contributed by atoms with van der Waals surface area (Å²) in [7, 11) is -3.69. The Hall–Kier alpha value is -2.51. The van der Waals surface area contributed by atoms with Crippen molar-refractivity contribution in [1.82, 2.24) is 4.31 Å². The second-order valence-electron chi connectivity index (χ2n) is 7.70. The molecule has 0 bridgehead atoms. The first-order chi connectivity index (χ1) is 14.3. The number of rotatable bonds is 7. The molecule has 2 aromatic rings. The number of hydrogen-bond acceptors (Lipinski definition) is 4. The average Bonchev–Trinajstić information content (AvgIpc) is 2.75. The van der Waals surface area contributed by atoms with Crippen molar-refractivity contribution in [2.24, 2.45) is 5.92 Å². The summed E-state index contributed by atoms with van der Waals surface area (Å²) in [6, 6.07) is 14.0. The van der Waals surface area contributed by atoms with Gasteiger partial charge >= 0.3 is 0 Å². The number of anilines is 1. The molecule has 30 heavy (non-hydrogen) atoms. The zero-order valence-corrected chi connectivity index (χ0v) is 18.2. The Labute approximate surface area is 178 Å². The maximum Gasteiger partial charge on any atom is 0.243 e. The zero-order valence-electron chi connectivity index (χ0n) is 17.4. The van der Waals surface area contributed by atoms with E-state index in [1.165, 1.54) is 28.9 Å². The Morgan fingerprint density at radius 3 is 2.33 bits per heavy atom. The summed E-state index contributed by atoms with van der Waals surface area (Å²) in [6.45, 7) is 4.09. The summed E-state index contributed by atoms with van der Waals surface area (Å²) in [6.07, 6.45) is 3.01. The van der Waals surface area contributed by atoms with Gasteiger partial charge in [0, 0.05) is 30.3 Å². The first-order valence-corrected chi connectivity index (χ1v) is 11.8. The van der Waals surface area contributed by atoms with Crippen molar-refractivity contribution in [3.05, 3.63) is 59.7 Å². The number of hydrogen-bond donors (Lipinski definition) is 1. The molecule has 160 valence electrons. The predicted octanol–water partition coefficient (Wildman–Crippen LogP) is 3.88. The van der Waals surface area contributed by atoms with Crippen LogP contribution in [0.15, 0.2) is 53.4 Å². The Balaban J connectivity index is 1.60. The van der Waals surface area contributed by atoms with Crippen molar-refractivity contribution < 1.29 is 18.0 Å². The number of sulfonamides is 1. The largest absolute Gasteiger partial charge is 0.326 e. The quantitative estimate of drug-likeness (QED) is 0.679. The molecule has 0 saturated carbocycles. The molecular weight excluding hydrogens is 400 g/mol. The number of carbonyl (C=O) groups is 2. The summed E-state index contributed by atoms with van der Waals surface area (Å²) in [5.41, 5.74) is 2.37. The number of amides is 1. The van der Waals surface area contributed by atoms with Gasteiger partial charge in [0.1, 0.15) is 0 Å². The van der Waals surface area contributed by atoms with Crippen LogP contribution < -0.4 is 5.32 Å². The van der Waals surface area contributed by atoms with E-state index in [1.807, 2.05) is 24.3 Å². The normalized spacial score (nSPS) is 15.7. The lowest BCUT2D eigenvalue weighted by molar-refractivity contribution is -0.120. The summed E-state index contributed by atoms with van der Waals surface area (Å²) in [4.78, 5) is 24.3. The predicted molar refractivity (Wildman–Crippen MR) is 117 cm³/mol. The minimum atomic E-state index is -3.69. The Kier molecular flexibility index (Phi) is 7.05. The van der Waals surface area contributed by atoms with Crippen LogP contribution in [0, 0.1) is 5.92 Å². The van der Waals surface area contributed by atoms with Gasteiger partial charge in [0.25, 0.3) is 0 Å². The average molecular weight is 429 g/mol. The van der Waals surface area contributed by atoms with Gasteiger partial charge in [0.2, 0.25) is 15.9 Å². The Morgan fingerprint density at radius 1 is 1.07 bits per heavy atom. The molecule has 1 amide bonds. The molecule has 0 spiro atoms. The Morgan fingerprint density at radius 2 is 1.73 bits per heavy atom. The van der Waals surface area contributed by atoms with E-state index in [4.69, 9.17) is 0 Å². The molecule has 2 aromatic carbocycles. The molecule has 0 atom stereocenters. The van der Waals surface area contributed by atoms with Crippen LogP contribution in [-0.2, 0) is 21.2 Å². The molecule has 1 heterocycles. The van der Waals surface area contributed by atoms with E-state index in [1.54, 1.807) is 12.1 Å². The van der Waals surface area contributed by atoms with Crippen LogP contribution in [0.4, 0.5) is 5.69 Å². The fourth-order valence-corrected chi connectivity index (χ4v) is 5.19. The van der Waals surface area contributed by atoms with Gasteiger partial charge in [-0.25, -0.2) is 8.42 Å². The third kappa shape index (κ3) is 5.15. The monoisotopic (exact) mass is 428 g/mol. The van der Waals surface area contributed by atoms with Gasteiger partial charge in [-0.3, -0.25) is 9.59 Å². The van der Waals surface area contributed by atoms with E-state index in [9.17, 15) is 18.0 Å². The van der Waals surface area contributed by atoms with E-state index in [2.05, 4.69) is 12.2 Å². The molecule has 1 aliphatic rings. The summed E-state index contributed by atoms with van der Waals surface area (Å²) < 4.78 is 27.3. The van der Waals surface area contributed by atoms with Gasteiger partial charge in [0.15, 0.2) is 5.78 Å². The first-order valence-electron chi connectivity index (χ1n) is 10.3. The smallest absolute Gasteiger partial charge is 0.243 e. The fraction of sp³-hybridized carbons (Fsp3) is 0.391. The fourth-order valence-electron chi connectivity index (χ4n) is 3.67. The number of piperidine rings is 1. The van der Waals surface area contributed by atoms with Crippen LogP contribution in [-0.4, -0.2) is 37.5 Å². The van der Waals surface area contributed by atoms with Crippen molar-refractivity contribution in [2.75, 3.05) is 18.4 Å². The van der Waals surface area contributed by atoms with Crippen molar-refractivity contribution in [3.8, 4) is 0 Å². The molecule has 6 nitrogen and oxygen atoms in total. The van der Waals surface area contributed by atoms with E-state index in [0.29, 0.717) is 18.4 Å². The van der Waals surface area contributed by atoms with Gasteiger partial charge in [-0.15, -0.1) is 0 Å². The number of nitrogens with zero attached hydrogens (tertiary/aromatic N) is 1. The molecule has 1 N–H and O–H groups in total. The standard InChI is InChI=1S/C23H28N2O4S/c1-3-5-18-8-10-21(11-9-18)24-23(27)19-12-14-25(15-13-19)30(28,29)22-7-4-6-20(16-22)17(2)26/h4,6-11,16,19H,3,5,12-15H2,1-2H3,(H,24,27). The number of aryl methyl sites for hydroxylation is 1. The van der Waals surface area contributed by atoms with Crippen molar-refractivity contribution in [3.63, 3.8) is 0 Å². The number of nitrogens with one attached hydrogen (secondary N) is 1. The lowest BCUT2D eigenvalue weighted by Crippen LogP contribution is -2.41.